The van der Waals surface area contributed by atoms with Gasteiger partial charge in [-0.2, -0.15) is 0 Å². The van der Waals surface area contributed by atoms with Gasteiger partial charge in [-0.25, -0.2) is 0 Å². The van der Waals surface area contributed by atoms with Crippen molar-refractivity contribution in [2.45, 2.75) is 20.3 Å². The Morgan fingerprint density at radius 2 is 1.59 bits per heavy atom. The zero-order chi connectivity index (χ0) is 20.6. The molecule has 154 valence electrons. The highest BCUT2D eigenvalue weighted by molar-refractivity contribution is 5.93. The normalized spacial score (nSPS) is 14.5. The molecule has 0 saturated carbocycles. The van der Waals surface area contributed by atoms with Gasteiger partial charge in [0.05, 0.1) is 19.6 Å². The minimum atomic E-state index is -0.0153. The van der Waals surface area contributed by atoms with Crippen LogP contribution in [0.3, 0.4) is 0 Å². The molecule has 1 aliphatic rings. The van der Waals surface area contributed by atoms with Crippen LogP contribution in [0.15, 0.2) is 48.5 Å². The minimum absolute atomic E-state index is 0.0153. The Bertz CT molecular complexity index is 810. The van der Waals surface area contributed by atoms with E-state index < -0.39 is 0 Å². The van der Waals surface area contributed by atoms with Gasteiger partial charge in [0.25, 0.3) is 0 Å². The maximum atomic E-state index is 12.4. The van der Waals surface area contributed by atoms with Crippen LogP contribution in [0.1, 0.15) is 17.5 Å². The number of piperazine rings is 1. The summed E-state index contributed by atoms with van der Waals surface area (Å²) in [5.41, 5.74) is 3.02. The molecule has 6 nitrogen and oxygen atoms in total. The lowest BCUT2D eigenvalue weighted by molar-refractivity contribution is -0.133. The zero-order valence-corrected chi connectivity index (χ0v) is 17.2. The number of carbonyl (C=O) groups excluding carboxylic acids is 2. The predicted molar refractivity (Wildman–Crippen MR) is 114 cm³/mol. The maximum Gasteiger partial charge on any atom is 0.238 e. The van der Waals surface area contributed by atoms with Gasteiger partial charge in [-0.3, -0.25) is 14.5 Å². The van der Waals surface area contributed by atoms with Gasteiger partial charge < -0.3 is 15.0 Å². The average molecular weight is 396 g/mol. The number of aryl methyl sites for hydroxylation is 2. The van der Waals surface area contributed by atoms with Crippen LogP contribution in [0, 0.1) is 13.8 Å². The lowest BCUT2D eigenvalue weighted by Gasteiger charge is -2.34. The summed E-state index contributed by atoms with van der Waals surface area (Å²) >= 11 is 0. The van der Waals surface area contributed by atoms with E-state index in [4.69, 9.17) is 4.74 Å². The quantitative estimate of drug-likeness (QED) is 0.783. The van der Waals surface area contributed by atoms with Crippen molar-refractivity contribution in [3.05, 3.63) is 59.7 Å². The third-order valence-corrected chi connectivity index (χ3v) is 5.17. The topological polar surface area (TPSA) is 61.9 Å². The molecule has 1 N–H and O–H groups in total. The van der Waals surface area contributed by atoms with Crippen LogP contribution in [-0.4, -0.2) is 60.9 Å². The average Bonchev–Trinajstić information content (AvgIpc) is 2.72. The SMILES string of the molecule is Cc1cccc(C)c1NC(=O)CN1CCN(C(=O)CCOc2ccccc2)CC1. The molecule has 2 amide bonds. The minimum Gasteiger partial charge on any atom is -0.493 e. The second kappa shape index (κ2) is 10.1. The van der Waals surface area contributed by atoms with Crippen molar-refractivity contribution in [2.75, 3.05) is 44.6 Å². The summed E-state index contributed by atoms with van der Waals surface area (Å²) in [5, 5.41) is 3.03. The highest BCUT2D eigenvalue weighted by Crippen LogP contribution is 2.19. The first-order valence-corrected chi connectivity index (χ1v) is 10.1. The van der Waals surface area contributed by atoms with Gasteiger partial charge in [0.1, 0.15) is 5.75 Å². The Morgan fingerprint density at radius 3 is 2.24 bits per heavy atom. The second-order valence-corrected chi connectivity index (χ2v) is 7.38. The van der Waals surface area contributed by atoms with Crippen LogP contribution in [0.25, 0.3) is 0 Å². The van der Waals surface area contributed by atoms with Crippen LogP contribution in [0.2, 0.25) is 0 Å². The number of benzene rings is 2. The molecule has 0 bridgehead atoms. The van der Waals surface area contributed by atoms with E-state index in [0.717, 1.165) is 22.6 Å². The summed E-state index contributed by atoms with van der Waals surface area (Å²) in [6.45, 7) is 7.38. The molecule has 1 heterocycles. The van der Waals surface area contributed by atoms with Crippen LogP contribution < -0.4 is 10.1 Å². The summed E-state index contributed by atoms with van der Waals surface area (Å²) in [7, 11) is 0. The summed E-state index contributed by atoms with van der Waals surface area (Å²) in [6, 6.07) is 15.5. The summed E-state index contributed by atoms with van der Waals surface area (Å²) in [4.78, 5) is 28.8. The Morgan fingerprint density at radius 1 is 0.931 bits per heavy atom. The van der Waals surface area contributed by atoms with E-state index in [-0.39, 0.29) is 11.8 Å². The van der Waals surface area contributed by atoms with Crippen molar-refractivity contribution in [3.63, 3.8) is 0 Å². The molecule has 1 aliphatic heterocycles. The lowest BCUT2D eigenvalue weighted by atomic mass is 10.1. The number of para-hydroxylation sites is 2. The highest BCUT2D eigenvalue weighted by atomic mass is 16.5. The molecule has 29 heavy (non-hydrogen) atoms. The van der Waals surface area contributed by atoms with Gasteiger partial charge >= 0.3 is 0 Å². The second-order valence-electron chi connectivity index (χ2n) is 7.38. The fraction of sp³-hybridized carbons (Fsp3) is 0.391. The Hall–Kier alpha value is -2.86. The molecule has 3 rings (SSSR count). The molecule has 0 radical (unpaired) electrons. The molecule has 0 aromatic heterocycles. The zero-order valence-electron chi connectivity index (χ0n) is 17.2. The monoisotopic (exact) mass is 395 g/mol. The largest absolute Gasteiger partial charge is 0.493 e. The Kier molecular flexibility index (Phi) is 7.25. The molecule has 6 heteroatoms. The van der Waals surface area contributed by atoms with E-state index >= 15 is 0 Å². The number of nitrogens with one attached hydrogen (secondary N) is 1. The number of nitrogens with zero attached hydrogens (tertiary/aromatic N) is 2. The van der Waals surface area contributed by atoms with E-state index in [0.29, 0.717) is 45.8 Å². The van der Waals surface area contributed by atoms with E-state index in [1.54, 1.807) is 0 Å². The van der Waals surface area contributed by atoms with Crippen molar-refractivity contribution in [2.24, 2.45) is 0 Å². The molecule has 0 unspecified atom stereocenters. The molecule has 2 aromatic carbocycles. The van der Waals surface area contributed by atoms with Gasteiger partial charge in [-0.05, 0) is 37.1 Å². The van der Waals surface area contributed by atoms with E-state index in [1.807, 2.05) is 67.3 Å². The van der Waals surface area contributed by atoms with Crippen molar-refractivity contribution in [3.8, 4) is 5.75 Å². The van der Waals surface area contributed by atoms with E-state index in [1.165, 1.54) is 0 Å². The van der Waals surface area contributed by atoms with Crippen molar-refractivity contribution in [1.29, 1.82) is 0 Å². The number of rotatable bonds is 7. The summed E-state index contributed by atoms with van der Waals surface area (Å²) in [5.74, 6) is 0.860. The van der Waals surface area contributed by atoms with E-state index in [9.17, 15) is 9.59 Å². The van der Waals surface area contributed by atoms with Gasteiger partial charge in [0.2, 0.25) is 11.8 Å². The number of amides is 2. The molecular weight excluding hydrogens is 366 g/mol. The first-order chi connectivity index (χ1) is 14.0. The standard InChI is InChI=1S/C23H29N3O3/c1-18-7-6-8-19(2)23(18)24-21(27)17-25-12-14-26(15-13-25)22(28)11-16-29-20-9-4-3-5-10-20/h3-10H,11-17H2,1-2H3,(H,24,27). The molecular formula is C23H29N3O3. The number of hydrogen-bond acceptors (Lipinski definition) is 4. The Labute approximate surface area is 172 Å². The molecule has 2 aromatic rings. The number of anilines is 1. The number of ether oxygens (including phenoxy) is 1. The van der Waals surface area contributed by atoms with Gasteiger partial charge in [-0.1, -0.05) is 36.4 Å². The van der Waals surface area contributed by atoms with Crippen molar-refractivity contribution < 1.29 is 14.3 Å². The first kappa shape index (κ1) is 20.9. The van der Waals surface area contributed by atoms with Gasteiger partial charge in [-0.15, -0.1) is 0 Å². The molecule has 0 aliphatic carbocycles. The van der Waals surface area contributed by atoms with Crippen LogP contribution in [0.5, 0.6) is 5.75 Å². The highest BCUT2D eigenvalue weighted by Gasteiger charge is 2.22. The third-order valence-electron chi connectivity index (χ3n) is 5.17. The van der Waals surface area contributed by atoms with Crippen LogP contribution >= 0.6 is 0 Å². The molecule has 0 atom stereocenters. The van der Waals surface area contributed by atoms with Crippen molar-refractivity contribution in [1.82, 2.24) is 9.80 Å². The summed E-state index contributed by atoms with van der Waals surface area (Å²) in [6.07, 6.45) is 0.363. The smallest absolute Gasteiger partial charge is 0.238 e. The van der Waals surface area contributed by atoms with Crippen LogP contribution in [0.4, 0.5) is 5.69 Å². The maximum absolute atomic E-state index is 12.4. The third kappa shape index (κ3) is 6.06. The molecule has 1 fully saturated rings. The fourth-order valence-electron chi connectivity index (χ4n) is 3.48. The van der Waals surface area contributed by atoms with Gasteiger partial charge in [0.15, 0.2) is 0 Å². The van der Waals surface area contributed by atoms with Crippen LogP contribution in [-0.2, 0) is 9.59 Å². The lowest BCUT2D eigenvalue weighted by Crippen LogP contribution is -2.50. The van der Waals surface area contributed by atoms with E-state index in [2.05, 4.69) is 10.2 Å². The first-order valence-electron chi connectivity index (χ1n) is 10.1. The fourth-order valence-corrected chi connectivity index (χ4v) is 3.48. The summed E-state index contributed by atoms with van der Waals surface area (Å²) < 4.78 is 5.61. The number of carbonyl (C=O) groups is 2. The molecule has 1 saturated heterocycles. The predicted octanol–water partition coefficient (Wildman–Crippen LogP) is 2.86. The van der Waals surface area contributed by atoms with Crippen molar-refractivity contribution >= 4 is 17.5 Å². The molecule has 0 spiro atoms. The van der Waals surface area contributed by atoms with Gasteiger partial charge in [0, 0.05) is 31.9 Å². The number of hydrogen-bond donors (Lipinski definition) is 1. The Balaban J connectivity index is 1.38.